The highest BCUT2D eigenvalue weighted by Crippen LogP contribution is 2.35. The van der Waals surface area contributed by atoms with Crippen LogP contribution in [0.4, 0.5) is 0 Å². The third-order valence-corrected chi connectivity index (χ3v) is 4.11. The number of carbonyl (C=O) groups excluding carboxylic acids is 2. The fourth-order valence-electron chi connectivity index (χ4n) is 3.19. The van der Waals surface area contributed by atoms with Crippen LogP contribution in [0.5, 0.6) is 0 Å². The SMILES string of the molecule is CCCC1(C(=O)O)CCCN1C(=O)C1CCC(=O)N1. The van der Waals surface area contributed by atoms with Gasteiger partial charge in [0.1, 0.15) is 11.6 Å². The van der Waals surface area contributed by atoms with E-state index in [4.69, 9.17) is 0 Å². The zero-order valence-corrected chi connectivity index (χ0v) is 11.1. The maximum atomic E-state index is 12.4. The first-order valence-electron chi connectivity index (χ1n) is 6.85. The van der Waals surface area contributed by atoms with Gasteiger partial charge in [-0.05, 0) is 25.7 Å². The average Bonchev–Trinajstić information content (AvgIpc) is 2.96. The van der Waals surface area contributed by atoms with Crippen molar-refractivity contribution in [3.63, 3.8) is 0 Å². The molecule has 0 aromatic carbocycles. The highest BCUT2D eigenvalue weighted by Gasteiger charge is 2.50. The first kappa shape index (κ1) is 13.8. The predicted octanol–water partition coefficient (Wildman–Crippen LogP) is 0.511. The number of carboxylic acids is 1. The molecule has 2 rings (SSSR count). The van der Waals surface area contributed by atoms with Crippen molar-refractivity contribution >= 4 is 17.8 Å². The molecule has 0 radical (unpaired) electrons. The van der Waals surface area contributed by atoms with Gasteiger partial charge in [-0.3, -0.25) is 9.59 Å². The van der Waals surface area contributed by atoms with Gasteiger partial charge in [-0.15, -0.1) is 0 Å². The molecule has 2 atom stereocenters. The highest BCUT2D eigenvalue weighted by molar-refractivity contribution is 5.94. The van der Waals surface area contributed by atoms with Gasteiger partial charge in [-0.25, -0.2) is 4.79 Å². The molecule has 2 heterocycles. The number of hydrogen-bond donors (Lipinski definition) is 2. The highest BCUT2D eigenvalue weighted by atomic mass is 16.4. The van der Waals surface area contributed by atoms with Crippen LogP contribution in [0.3, 0.4) is 0 Å². The van der Waals surface area contributed by atoms with Crippen LogP contribution in [0.25, 0.3) is 0 Å². The van der Waals surface area contributed by atoms with Crippen molar-refractivity contribution < 1.29 is 19.5 Å². The molecule has 106 valence electrons. The topological polar surface area (TPSA) is 86.7 Å². The smallest absolute Gasteiger partial charge is 0.329 e. The van der Waals surface area contributed by atoms with Crippen molar-refractivity contribution in [1.29, 1.82) is 0 Å². The molecule has 0 aromatic rings. The summed E-state index contributed by atoms with van der Waals surface area (Å²) in [6.45, 7) is 2.39. The third-order valence-electron chi connectivity index (χ3n) is 4.11. The van der Waals surface area contributed by atoms with Gasteiger partial charge in [0.15, 0.2) is 0 Å². The first-order valence-corrected chi connectivity index (χ1v) is 6.85. The molecule has 0 spiro atoms. The second kappa shape index (κ2) is 5.19. The summed E-state index contributed by atoms with van der Waals surface area (Å²) in [7, 11) is 0. The second-order valence-electron chi connectivity index (χ2n) is 5.34. The summed E-state index contributed by atoms with van der Waals surface area (Å²) in [6, 6.07) is -0.541. The number of rotatable bonds is 4. The lowest BCUT2D eigenvalue weighted by molar-refractivity contribution is -0.157. The van der Waals surface area contributed by atoms with Crippen molar-refractivity contribution in [2.45, 2.75) is 57.0 Å². The molecule has 2 unspecified atom stereocenters. The summed E-state index contributed by atoms with van der Waals surface area (Å²) in [6.07, 6.45) is 3.21. The van der Waals surface area contributed by atoms with E-state index < -0.39 is 17.6 Å². The van der Waals surface area contributed by atoms with Crippen LogP contribution < -0.4 is 5.32 Å². The summed E-state index contributed by atoms with van der Waals surface area (Å²) >= 11 is 0. The minimum Gasteiger partial charge on any atom is -0.479 e. The van der Waals surface area contributed by atoms with Crippen LogP contribution in [0, 0.1) is 0 Å². The Bertz CT molecular complexity index is 409. The van der Waals surface area contributed by atoms with E-state index in [1.54, 1.807) is 0 Å². The van der Waals surface area contributed by atoms with E-state index in [-0.39, 0.29) is 11.8 Å². The van der Waals surface area contributed by atoms with E-state index in [0.717, 1.165) is 0 Å². The van der Waals surface area contributed by atoms with Crippen molar-refractivity contribution in [3.8, 4) is 0 Å². The molecular formula is C13H20N2O4. The Morgan fingerprint density at radius 3 is 2.79 bits per heavy atom. The number of carboxylic acid groups (broad SMARTS) is 1. The monoisotopic (exact) mass is 268 g/mol. The Balaban J connectivity index is 2.19. The van der Waals surface area contributed by atoms with Gasteiger partial charge < -0.3 is 15.3 Å². The predicted molar refractivity (Wildman–Crippen MR) is 67.4 cm³/mol. The maximum absolute atomic E-state index is 12.4. The molecule has 2 aliphatic rings. The van der Waals surface area contributed by atoms with Crippen molar-refractivity contribution in [2.75, 3.05) is 6.54 Å². The quantitative estimate of drug-likeness (QED) is 0.778. The number of nitrogens with zero attached hydrogens (tertiary/aromatic N) is 1. The summed E-state index contributed by atoms with van der Waals surface area (Å²) in [5.74, 6) is -1.29. The second-order valence-corrected chi connectivity index (χ2v) is 5.34. The van der Waals surface area contributed by atoms with E-state index in [0.29, 0.717) is 45.1 Å². The van der Waals surface area contributed by atoms with Crippen molar-refractivity contribution in [3.05, 3.63) is 0 Å². The molecule has 2 fully saturated rings. The van der Waals surface area contributed by atoms with E-state index in [9.17, 15) is 19.5 Å². The average molecular weight is 268 g/mol. The Morgan fingerprint density at radius 2 is 2.26 bits per heavy atom. The van der Waals surface area contributed by atoms with Gasteiger partial charge in [0.2, 0.25) is 11.8 Å². The Labute approximate surface area is 112 Å². The lowest BCUT2D eigenvalue weighted by Gasteiger charge is -2.36. The summed E-state index contributed by atoms with van der Waals surface area (Å²) < 4.78 is 0. The molecule has 2 amide bonds. The number of nitrogens with one attached hydrogen (secondary N) is 1. The number of amides is 2. The summed E-state index contributed by atoms with van der Waals surface area (Å²) in [5.41, 5.74) is -1.07. The molecule has 2 aliphatic heterocycles. The van der Waals surface area contributed by atoms with E-state index in [2.05, 4.69) is 5.32 Å². The van der Waals surface area contributed by atoms with Crippen LogP contribution in [-0.4, -0.2) is 45.9 Å². The van der Waals surface area contributed by atoms with Gasteiger partial charge in [0, 0.05) is 13.0 Å². The normalized spacial score (nSPS) is 30.5. The zero-order valence-electron chi connectivity index (χ0n) is 11.1. The maximum Gasteiger partial charge on any atom is 0.329 e. The first-order chi connectivity index (χ1) is 9.01. The summed E-state index contributed by atoms with van der Waals surface area (Å²) in [5, 5.41) is 12.2. The van der Waals surface area contributed by atoms with Crippen molar-refractivity contribution in [1.82, 2.24) is 10.2 Å². The van der Waals surface area contributed by atoms with Crippen LogP contribution in [0.1, 0.15) is 45.4 Å². The fraction of sp³-hybridized carbons (Fsp3) is 0.769. The van der Waals surface area contributed by atoms with Crippen LogP contribution >= 0.6 is 0 Å². The minimum atomic E-state index is -1.07. The van der Waals surface area contributed by atoms with Gasteiger partial charge >= 0.3 is 5.97 Å². The van der Waals surface area contributed by atoms with Crippen LogP contribution in [0.2, 0.25) is 0 Å². The lowest BCUT2D eigenvalue weighted by atomic mass is 9.90. The van der Waals surface area contributed by atoms with Crippen molar-refractivity contribution in [2.24, 2.45) is 0 Å². The molecule has 6 nitrogen and oxygen atoms in total. The molecule has 2 N–H and O–H groups in total. The van der Waals surface area contributed by atoms with Gasteiger partial charge in [0.05, 0.1) is 0 Å². The van der Waals surface area contributed by atoms with E-state index >= 15 is 0 Å². The molecule has 0 aromatic heterocycles. The minimum absolute atomic E-state index is 0.131. The Kier molecular flexibility index (Phi) is 3.78. The molecule has 0 saturated carbocycles. The molecule has 2 saturated heterocycles. The molecular weight excluding hydrogens is 248 g/mol. The lowest BCUT2D eigenvalue weighted by Crippen LogP contribution is -2.57. The van der Waals surface area contributed by atoms with Crippen LogP contribution in [-0.2, 0) is 14.4 Å². The summed E-state index contributed by atoms with van der Waals surface area (Å²) in [4.78, 5) is 36.7. The molecule has 6 heteroatoms. The largest absolute Gasteiger partial charge is 0.479 e. The third kappa shape index (κ3) is 2.31. The Morgan fingerprint density at radius 1 is 1.53 bits per heavy atom. The standard InChI is InChI=1S/C13H20N2O4/c1-2-6-13(12(18)19)7-3-8-15(13)11(17)9-4-5-10(16)14-9/h9H,2-8H2,1H3,(H,14,16)(H,18,19). The Hall–Kier alpha value is -1.59. The number of likely N-dealkylation sites (tertiary alicyclic amines) is 1. The zero-order chi connectivity index (χ0) is 14.0. The number of carbonyl (C=O) groups is 3. The molecule has 19 heavy (non-hydrogen) atoms. The van der Waals surface area contributed by atoms with Gasteiger partial charge in [0.25, 0.3) is 0 Å². The fourth-order valence-corrected chi connectivity index (χ4v) is 3.19. The van der Waals surface area contributed by atoms with Gasteiger partial charge in [-0.2, -0.15) is 0 Å². The molecule has 0 aliphatic carbocycles. The van der Waals surface area contributed by atoms with E-state index in [1.165, 1.54) is 4.90 Å². The molecule has 0 bridgehead atoms. The van der Waals surface area contributed by atoms with Gasteiger partial charge in [-0.1, -0.05) is 13.3 Å². The van der Waals surface area contributed by atoms with E-state index in [1.807, 2.05) is 6.92 Å². The van der Waals surface area contributed by atoms with Crippen LogP contribution in [0.15, 0.2) is 0 Å². The number of hydrogen-bond acceptors (Lipinski definition) is 3. The number of aliphatic carboxylic acids is 1.